The number of Topliss-reactive ketones (excluding diaryl/α,β-unsaturated/α-hetero) is 1. The summed E-state index contributed by atoms with van der Waals surface area (Å²) < 4.78 is 0. The molecule has 4 saturated carbocycles. The van der Waals surface area contributed by atoms with E-state index in [1.54, 1.807) is 0 Å². The molecule has 4 fully saturated rings. The third-order valence-corrected chi connectivity index (χ3v) is 10.3. The summed E-state index contributed by atoms with van der Waals surface area (Å²) >= 11 is 0. The molecule has 0 amide bonds. The van der Waals surface area contributed by atoms with Gasteiger partial charge in [-0.25, -0.2) is 0 Å². The second kappa shape index (κ2) is 8.56. The van der Waals surface area contributed by atoms with Crippen LogP contribution >= 0.6 is 0 Å². The number of hydrogen-bond acceptors (Lipinski definition) is 3. The van der Waals surface area contributed by atoms with Crippen LogP contribution in [0.4, 0.5) is 0 Å². The Morgan fingerprint density at radius 1 is 1.00 bits per heavy atom. The predicted octanol–water partition coefficient (Wildman–Crippen LogP) is 5.61. The van der Waals surface area contributed by atoms with Crippen molar-refractivity contribution in [1.29, 1.82) is 0 Å². The summed E-state index contributed by atoms with van der Waals surface area (Å²) in [6, 6.07) is 0. The number of hydrogen-bond donors (Lipinski definition) is 2. The summed E-state index contributed by atoms with van der Waals surface area (Å²) in [5, 5.41) is 19.7. The molecule has 0 radical (unpaired) electrons. The highest BCUT2D eigenvalue weighted by Gasteiger charge is 2.62. The van der Waals surface area contributed by atoms with Gasteiger partial charge in [-0.05, 0) is 85.4 Å². The van der Waals surface area contributed by atoms with E-state index < -0.39 is 5.97 Å². The van der Waals surface area contributed by atoms with E-state index in [9.17, 15) is 14.7 Å². The number of aliphatic carboxylic acids is 1. The Labute approximate surface area is 182 Å². The fraction of sp³-hybridized carbons (Fsp3) is 0.923. The van der Waals surface area contributed by atoms with Crippen LogP contribution < -0.4 is 0 Å². The Balaban J connectivity index is 1.49. The third-order valence-electron chi connectivity index (χ3n) is 10.3. The van der Waals surface area contributed by atoms with Gasteiger partial charge in [-0.1, -0.05) is 39.5 Å². The standard InChI is InChI=1S/C26H42O4/c1-25-13-11-19(27)16-18(25)15-17(7-5-3-4-6-8-23(29)30)24-20-9-10-22(28)26(20,2)14-12-21(24)25/h17-18,20-22,24,28H,3-16H2,1-2H3,(H,29,30)/t17-,18+,20+,21+,22+,24+,25+,26+/m1/s1. The van der Waals surface area contributed by atoms with E-state index in [0.29, 0.717) is 40.8 Å². The van der Waals surface area contributed by atoms with Gasteiger partial charge in [-0.2, -0.15) is 0 Å². The quantitative estimate of drug-likeness (QED) is 0.527. The third kappa shape index (κ3) is 3.87. The van der Waals surface area contributed by atoms with Gasteiger partial charge in [0.25, 0.3) is 0 Å². The van der Waals surface area contributed by atoms with Crippen LogP contribution in [0.5, 0.6) is 0 Å². The SMILES string of the molecule is C[C@]12CCC(=O)C[C@@H]1C[C@@H](CCCCCCC(=O)O)[C@@H]1[C@@H]2CC[C@]2(C)[C@@H](O)CC[C@@H]12. The number of ketones is 1. The van der Waals surface area contributed by atoms with Gasteiger partial charge in [0.15, 0.2) is 0 Å². The van der Waals surface area contributed by atoms with Gasteiger partial charge < -0.3 is 10.2 Å². The minimum absolute atomic E-state index is 0.0919. The number of rotatable bonds is 7. The normalized spacial score (nSPS) is 45.5. The van der Waals surface area contributed by atoms with Crippen molar-refractivity contribution >= 4 is 11.8 Å². The number of carboxylic acids is 1. The van der Waals surface area contributed by atoms with Crippen molar-refractivity contribution in [3.05, 3.63) is 0 Å². The molecule has 0 aromatic heterocycles. The van der Waals surface area contributed by atoms with Crippen molar-refractivity contribution in [3.8, 4) is 0 Å². The predicted molar refractivity (Wildman–Crippen MR) is 117 cm³/mol. The maximum absolute atomic E-state index is 12.3. The summed E-state index contributed by atoms with van der Waals surface area (Å²) in [4.78, 5) is 23.1. The lowest BCUT2D eigenvalue weighted by Crippen LogP contribution is -2.57. The number of carbonyl (C=O) groups is 2. The van der Waals surface area contributed by atoms with Crippen LogP contribution in [0.2, 0.25) is 0 Å². The Kier molecular flexibility index (Phi) is 6.36. The Morgan fingerprint density at radius 3 is 2.50 bits per heavy atom. The molecule has 30 heavy (non-hydrogen) atoms. The van der Waals surface area contributed by atoms with Gasteiger partial charge in [0.05, 0.1) is 6.10 Å². The molecule has 4 heteroatoms. The maximum Gasteiger partial charge on any atom is 0.303 e. The molecule has 0 aliphatic heterocycles. The summed E-state index contributed by atoms with van der Waals surface area (Å²) in [5.41, 5.74) is 0.403. The summed E-state index contributed by atoms with van der Waals surface area (Å²) in [6.07, 6.45) is 13.8. The molecule has 0 heterocycles. The van der Waals surface area contributed by atoms with E-state index in [1.807, 2.05) is 0 Å². The zero-order valence-electron chi connectivity index (χ0n) is 19.1. The molecule has 0 bridgehead atoms. The number of aliphatic hydroxyl groups excluding tert-OH is 1. The molecule has 0 aromatic carbocycles. The van der Waals surface area contributed by atoms with Crippen molar-refractivity contribution in [2.45, 2.75) is 110 Å². The number of fused-ring (bicyclic) bond motifs is 5. The second-order valence-electron chi connectivity index (χ2n) is 11.7. The van der Waals surface area contributed by atoms with Gasteiger partial charge in [-0.15, -0.1) is 0 Å². The molecule has 0 unspecified atom stereocenters. The Morgan fingerprint density at radius 2 is 1.73 bits per heavy atom. The summed E-state index contributed by atoms with van der Waals surface area (Å²) in [7, 11) is 0. The highest BCUT2D eigenvalue weighted by Crippen LogP contribution is 2.67. The number of carboxylic acid groups (broad SMARTS) is 1. The smallest absolute Gasteiger partial charge is 0.303 e. The zero-order chi connectivity index (χ0) is 21.5. The minimum atomic E-state index is -0.687. The largest absolute Gasteiger partial charge is 0.481 e. The lowest BCUT2D eigenvalue weighted by molar-refractivity contribution is -0.156. The molecule has 4 aliphatic carbocycles. The van der Waals surface area contributed by atoms with Gasteiger partial charge in [0, 0.05) is 19.3 Å². The molecular formula is C26H42O4. The first kappa shape index (κ1) is 22.3. The van der Waals surface area contributed by atoms with E-state index in [-0.39, 0.29) is 17.9 Å². The zero-order valence-corrected chi connectivity index (χ0v) is 19.1. The molecule has 170 valence electrons. The second-order valence-corrected chi connectivity index (χ2v) is 11.7. The van der Waals surface area contributed by atoms with Crippen LogP contribution in [0, 0.1) is 40.4 Å². The van der Waals surface area contributed by atoms with Crippen molar-refractivity contribution < 1.29 is 19.8 Å². The average molecular weight is 419 g/mol. The van der Waals surface area contributed by atoms with Crippen LogP contribution in [-0.4, -0.2) is 28.1 Å². The first-order chi connectivity index (χ1) is 14.3. The van der Waals surface area contributed by atoms with E-state index in [1.165, 1.54) is 32.1 Å². The van der Waals surface area contributed by atoms with E-state index in [0.717, 1.165) is 51.4 Å². The highest BCUT2D eigenvalue weighted by atomic mass is 16.4. The first-order valence-corrected chi connectivity index (χ1v) is 12.7. The average Bonchev–Trinajstić information content (AvgIpc) is 3.00. The lowest BCUT2D eigenvalue weighted by atomic mass is 9.42. The Hall–Kier alpha value is -0.900. The molecule has 0 saturated heterocycles. The topological polar surface area (TPSA) is 74.6 Å². The Bertz CT molecular complexity index is 659. The summed E-state index contributed by atoms with van der Waals surface area (Å²) in [5.74, 6) is 3.06. The molecule has 4 rings (SSSR count). The lowest BCUT2D eigenvalue weighted by Gasteiger charge is -2.62. The number of unbranched alkanes of at least 4 members (excludes halogenated alkanes) is 3. The van der Waals surface area contributed by atoms with Crippen LogP contribution in [-0.2, 0) is 9.59 Å². The maximum atomic E-state index is 12.3. The minimum Gasteiger partial charge on any atom is -0.481 e. The molecule has 8 atom stereocenters. The number of carbonyl (C=O) groups excluding carboxylic acids is 1. The fourth-order valence-electron chi connectivity index (χ4n) is 8.53. The van der Waals surface area contributed by atoms with E-state index in [4.69, 9.17) is 5.11 Å². The van der Waals surface area contributed by atoms with Crippen molar-refractivity contribution in [3.63, 3.8) is 0 Å². The fourth-order valence-corrected chi connectivity index (χ4v) is 8.53. The van der Waals surface area contributed by atoms with Gasteiger partial charge >= 0.3 is 5.97 Å². The van der Waals surface area contributed by atoms with Crippen molar-refractivity contribution in [2.24, 2.45) is 40.4 Å². The van der Waals surface area contributed by atoms with Crippen LogP contribution in [0.25, 0.3) is 0 Å². The van der Waals surface area contributed by atoms with Gasteiger partial charge in [0.2, 0.25) is 0 Å². The van der Waals surface area contributed by atoms with E-state index in [2.05, 4.69) is 13.8 Å². The molecule has 0 aromatic rings. The van der Waals surface area contributed by atoms with Gasteiger partial charge in [-0.3, -0.25) is 9.59 Å². The molecule has 2 N–H and O–H groups in total. The van der Waals surface area contributed by atoms with Crippen molar-refractivity contribution in [1.82, 2.24) is 0 Å². The first-order valence-electron chi connectivity index (χ1n) is 12.7. The molecule has 4 nitrogen and oxygen atoms in total. The molecule has 4 aliphatic rings. The monoisotopic (exact) mass is 418 g/mol. The summed E-state index contributed by atoms with van der Waals surface area (Å²) in [6.45, 7) is 4.85. The van der Waals surface area contributed by atoms with E-state index >= 15 is 0 Å². The highest BCUT2D eigenvalue weighted by molar-refractivity contribution is 5.79. The van der Waals surface area contributed by atoms with Crippen molar-refractivity contribution in [2.75, 3.05) is 0 Å². The van der Waals surface area contributed by atoms with Crippen LogP contribution in [0.3, 0.4) is 0 Å². The molecular weight excluding hydrogens is 376 g/mol. The van der Waals surface area contributed by atoms with Crippen LogP contribution in [0.15, 0.2) is 0 Å². The number of aliphatic hydroxyl groups is 1. The van der Waals surface area contributed by atoms with Crippen LogP contribution in [0.1, 0.15) is 104 Å². The van der Waals surface area contributed by atoms with Gasteiger partial charge in [0.1, 0.15) is 5.78 Å². The molecule has 0 spiro atoms.